The number of carbonyl (C=O) groups is 1. The van der Waals surface area contributed by atoms with Crippen LogP contribution in [0.15, 0.2) is 28.6 Å². The van der Waals surface area contributed by atoms with Crippen molar-refractivity contribution in [3.05, 3.63) is 24.3 Å². The number of hydrogen-bond donors (Lipinski definition) is 1. The molecule has 0 unspecified atom stereocenters. The van der Waals surface area contributed by atoms with Crippen LogP contribution in [0.2, 0.25) is 0 Å². The summed E-state index contributed by atoms with van der Waals surface area (Å²) in [4.78, 5) is 12.5. The number of anilines is 2. The summed E-state index contributed by atoms with van der Waals surface area (Å²) in [7, 11) is -1.86. The minimum Gasteiger partial charge on any atom is -0.481 e. The maximum absolute atomic E-state index is 12.5. The molecule has 0 saturated heterocycles. The largest absolute Gasteiger partial charge is 0.481 e. The molecule has 2 rings (SSSR count). The van der Waals surface area contributed by atoms with Gasteiger partial charge in [0.1, 0.15) is 5.75 Å². The molecule has 154 valence electrons. The molecule has 0 radical (unpaired) electrons. The van der Waals surface area contributed by atoms with Gasteiger partial charge in [-0.05, 0) is 37.1 Å². The summed E-state index contributed by atoms with van der Waals surface area (Å²) in [5, 5.41) is 11.2. The highest BCUT2D eigenvalue weighted by Crippen LogP contribution is 2.26. The maximum atomic E-state index is 12.5. The van der Waals surface area contributed by atoms with Crippen LogP contribution in [-0.2, 0) is 14.8 Å². The van der Waals surface area contributed by atoms with Gasteiger partial charge < -0.3 is 4.74 Å². The van der Waals surface area contributed by atoms with E-state index in [1.165, 1.54) is 22.7 Å². The third kappa shape index (κ3) is 6.35. The minimum atomic E-state index is -3.33. The zero-order chi connectivity index (χ0) is 20.7. The summed E-state index contributed by atoms with van der Waals surface area (Å²) in [6.07, 6.45) is 1.94. The van der Waals surface area contributed by atoms with Crippen molar-refractivity contribution in [3.63, 3.8) is 0 Å². The summed E-state index contributed by atoms with van der Waals surface area (Å²) in [6.45, 7) is 3.93. The van der Waals surface area contributed by atoms with Gasteiger partial charge in [-0.15, -0.1) is 10.2 Å². The van der Waals surface area contributed by atoms with Gasteiger partial charge in [-0.1, -0.05) is 36.9 Å². The van der Waals surface area contributed by atoms with Gasteiger partial charge in [0.15, 0.2) is 10.4 Å². The lowest BCUT2D eigenvalue weighted by molar-refractivity contribution is -0.122. The highest BCUT2D eigenvalue weighted by molar-refractivity contribution is 8.01. The van der Waals surface area contributed by atoms with Crippen molar-refractivity contribution in [2.75, 3.05) is 28.7 Å². The second-order valence-electron chi connectivity index (χ2n) is 5.95. The number of ether oxygens (including phenoxy) is 1. The molecule has 0 aliphatic rings. The standard InChI is InChI=1S/C17H24N4O4S3/c1-5-11-26-17-20-19-16(27-17)18-15(22)14(6-2)25-13-9-7-12(8-10-13)21(3)28(4,23)24/h7-10,14H,5-6,11H2,1-4H3,(H,18,19,22)/t14-/m0/s1. The van der Waals surface area contributed by atoms with E-state index in [0.717, 1.165) is 22.8 Å². The monoisotopic (exact) mass is 444 g/mol. The number of benzene rings is 1. The van der Waals surface area contributed by atoms with Gasteiger partial charge in [0.05, 0.1) is 11.9 Å². The normalized spacial score (nSPS) is 12.4. The number of thioether (sulfide) groups is 1. The Morgan fingerprint density at radius 2 is 1.96 bits per heavy atom. The van der Waals surface area contributed by atoms with Crippen LogP contribution in [0.5, 0.6) is 5.75 Å². The van der Waals surface area contributed by atoms with E-state index < -0.39 is 16.1 Å². The Hall–Kier alpha value is -1.85. The predicted octanol–water partition coefficient (Wildman–Crippen LogP) is 3.23. The lowest BCUT2D eigenvalue weighted by Gasteiger charge is -2.19. The number of aromatic nitrogens is 2. The summed E-state index contributed by atoms with van der Waals surface area (Å²) in [5.74, 6) is 1.13. The lowest BCUT2D eigenvalue weighted by atomic mass is 10.2. The molecule has 8 nitrogen and oxygen atoms in total. The summed E-state index contributed by atoms with van der Waals surface area (Å²) < 4.78 is 30.9. The summed E-state index contributed by atoms with van der Waals surface area (Å²) in [5.41, 5.74) is 0.512. The zero-order valence-electron chi connectivity index (χ0n) is 16.2. The fraction of sp³-hybridized carbons (Fsp3) is 0.471. The molecule has 0 spiro atoms. The number of sulfonamides is 1. The molecule has 1 aromatic carbocycles. The Morgan fingerprint density at radius 3 is 2.54 bits per heavy atom. The first-order valence-electron chi connectivity index (χ1n) is 8.72. The number of rotatable bonds is 10. The van der Waals surface area contributed by atoms with Gasteiger partial charge in [-0.2, -0.15) is 0 Å². The fourth-order valence-electron chi connectivity index (χ4n) is 2.11. The van der Waals surface area contributed by atoms with Crippen molar-refractivity contribution in [3.8, 4) is 5.75 Å². The third-order valence-electron chi connectivity index (χ3n) is 3.71. The molecular weight excluding hydrogens is 420 g/mol. The van der Waals surface area contributed by atoms with E-state index in [1.54, 1.807) is 36.0 Å². The Bertz CT molecular complexity index is 884. The van der Waals surface area contributed by atoms with E-state index >= 15 is 0 Å². The van der Waals surface area contributed by atoms with Crippen LogP contribution < -0.4 is 14.4 Å². The number of nitrogens with one attached hydrogen (secondary N) is 1. The van der Waals surface area contributed by atoms with Gasteiger partial charge in [0.2, 0.25) is 15.2 Å². The topological polar surface area (TPSA) is 101 Å². The Balaban J connectivity index is 1.99. The zero-order valence-corrected chi connectivity index (χ0v) is 18.7. The van der Waals surface area contributed by atoms with Crippen LogP contribution in [-0.4, -0.2) is 49.7 Å². The molecule has 1 aromatic heterocycles. The van der Waals surface area contributed by atoms with Crippen LogP contribution in [0.25, 0.3) is 0 Å². The predicted molar refractivity (Wildman–Crippen MR) is 114 cm³/mol. The molecule has 1 amide bonds. The van der Waals surface area contributed by atoms with Crippen molar-refractivity contribution in [1.82, 2.24) is 10.2 Å². The Kier molecular flexibility index (Phi) is 8.08. The molecule has 0 fully saturated rings. The maximum Gasteiger partial charge on any atom is 0.267 e. The molecule has 11 heteroatoms. The molecule has 0 aliphatic carbocycles. The van der Waals surface area contributed by atoms with Crippen molar-refractivity contribution in [2.45, 2.75) is 37.1 Å². The van der Waals surface area contributed by atoms with Gasteiger partial charge in [0, 0.05) is 12.8 Å². The molecule has 1 heterocycles. The van der Waals surface area contributed by atoms with E-state index in [0.29, 0.717) is 23.0 Å². The van der Waals surface area contributed by atoms with E-state index in [4.69, 9.17) is 4.74 Å². The second-order valence-corrected chi connectivity index (χ2v) is 10.3. The molecular formula is C17H24N4O4S3. The Morgan fingerprint density at radius 1 is 1.29 bits per heavy atom. The number of amides is 1. The second kappa shape index (κ2) is 10.1. The smallest absolute Gasteiger partial charge is 0.267 e. The summed E-state index contributed by atoms with van der Waals surface area (Å²) in [6, 6.07) is 6.53. The quantitative estimate of drug-likeness (QED) is 0.443. The van der Waals surface area contributed by atoms with Crippen LogP contribution in [0.1, 0.15) is 26.7 Å². The van der Waals surface area contributed by atoms with Crippen LogP contribution in [0.4, 0.5) is 10.8 Å². The van der Waals surface area contributed by atoms with Gasteiger partial charge in [-0.3, -0.25) is 14.4 Å². The van der Waals surface area contributed by atoms with Crippen molar-refractivity contribution in [1.29, 1.82) is 0 Å². The lowest BCUT2D eigenvalue weighted by Crippen LogP contribution is -2.32. The first kappa shape index (κ1) is 22.4. The highest BCUT2D eigenvalue weighted by atomic mass is 32.2. The third-order valence-corrected chi connectivity index (χ3v) is 7.09. The van der Waals surface area contributed by atoms with Gasteiger partial charge >= 0.3 is 0 Å². The molecule has 0 bridgehead atoms. The van der Waals surface area contributed by atoms with Gasteiger partial charge in [0.25, 0.3) is 5.91 Å². The van der Waals surface area contributed by atoms with Crippen LogP contribution >= 0.6 is 23.1 Å². The first-order valence-corrected chi connectivity index (χ1v) is 12.4. The Labute approximate surface area is 173 Å². The van der Waals surface area contributed by atoms with Gasteiger partial charge in [-0.25, -0.2) is 8.42 Å². The molecule has 1 N–H and O–H groups in total. The van der Waals surface area contributed by atoms with E-state index in [-0.39, 0.29) is 5.91 Å². The average molecular weight is 445 g/mol. The highest BCUT2D eigenvalue weighted by Gasteiger charge is 2.20. The molecule has 0 aliphatic heterocycles. The fourth-order valence-corrected chi connectivity index (χ4v) is 4.29. The summed E-state index contributed by atoms with van der Waals surface area (Å²) >= 11 is 2.94. The van der Waals surface area contributed by atoms with Crippen molar-refractivity contribution in [2.24, 2.45) is 0 Å². The molecule has 0 saturated carbocycles. The number of carbonyl (C=O) groups excluding carboxylic acids is 1. The van der Waals surface area contributed by atoms with Crippen LogP contribution in [0.3, 0.4) is 0 Å². The SMILES string of the molecule is CCCSc1nnc(NC(=O)[C@H](CC)Oc2ccc(N(C)S(C)(=O)=O)cc2)s1. The molecule has 2 aromatic rings. The van der Waals surface area contributed by atoms with Crippen LogP contribution in [0, 0.1) is 0 Å². The van der Waals surface area contributed by atoms with E-state index in [1.807, 2.05) is 6.92 Å². The van der Waals surface area contributed by atoms with E-state index in [2.05, 4.69) is 22.4 Å². The minimum absolute atomic E-state index is 0.303. The van der Waals surface area contributed by atoms with Crippen molar-refractivity contribution >= 4 is 49.8 Å². The first-order chi connectivity index (χ1) is 13.2. The molecule has 1 atom stereocenters. The number of hydrogen-bond acceptors (Lipinski definition) is 8. The number of nitrogens with zero attached hydrogens (tertiary/aromatic N) is 3. The van der Waals surface area contributed by atoms with Crippen molar-refractivity contribution < 1.29 is 17.9 Å². The average Bonchev–Trinajstić information content (AvgIpc) is 3.10. The molecule has 28 heavy (non-hydrogen) atoms. The van der Waals surface area contributed by atoms with E-state index in [9.17, 15) is 13.2 Å².